The van der Waals surface area contributed by atoms with Crippen LogP contribution < -0.4 is 0 Å². The summed E-state index contributed by atoms with van der Waals surface area (Å²) in [7, 11) is 0. The number of benzene rings is 2. The maximum Gasteiger partial charge on any atom is 0.274 e. The number of hydrogen-bond donors (Lipinski definition) is 0. The maximum atomic E-state index is 10.9. The number of nitro benzene ring substituents is 2. The van der Waals surface area contributed by atoms with Crippen molar-refractivity contribution >= 4 is 11.4 Å². The fourth-order valence-corrected chi connectivity index (χ4v) is 2.22. The zero-order chi connectivity index (χ0) is 18.1. The number of hydrogen-bond acceptors (Lipinski definition) is 6. The molecule has 0 amide bonds. The molecule has 131 valence electrons. The highest BCUT2D eigenvalue weighted by molar-refractivity contribution is 5.40. The monoisotopic (exact) mass is 345 g/mol. The Bertz CT molecular complexity index is 673. The molecule has 0 aliphatic carbocycles. The number of nitro groups is 2. The summed E-state index contributed by atoms with van der Waals surface area (Å²) in [5, 5.41) is 21.8. The van der Waals surface area contributed by atoms with Gasteiger partial charge in [-0.15, -0.1) is 0 Å². The van der Waals surface area contributed by atoms with E-state index in [0.29, 0.717) is 24.2 Å². The molecule has 0 heterocycles. The lowest BCUT2D eigenvalue weighted by molar-refractivity contribution is -0.385. The van der Waals surface area contributed by atoms with Gasteiger partial charge in [-0.1, -0.05) is 30.3 Å². The first kappa shape index (κ1) is 18.5. The van der Waals surface area contributed by atoms with Crippen LogP contribution in [-0.2, 0) is 22.5 Å². The van der Waals surface area contributed by atoms with Crippen LogP contribution in [0.5, 0.6) is 0 Å². The molecule has 0 fully saturated rings. The van der Waals surface area contributed by atoms with Crippen LogP contribution >= 0.6 is 0 Å². The summed E-state index contributed by atoms with van der Waals surface area (Å²) in [5.41, 5.74) is 1.16. The highest BCUT2D eigenvalue weighted by Crippen LogP contribution is 2.19. The fourth-order valence-electron chi connectivity index (χ4n) is 2.22. The molecule has 8 nitrogen and oxygen atoms in total. The molecule has 0 aliphatic rings. The third-order valence-electron chi connectivity index (χ3n) is 3.43. The minimum absolute atomic E-state index is 0.00760. The molecule has 0 saturated heterocycles. The summed E-state index contributed by atoms with van der Waals surface area (Å²) in [5.74, 6) is 0. The molecule has 0 atom stereocenters. The van der Waals surface area contributed by atoms with E-state index < -0.39 is 9.85 Å². The molecule has 1 radical (unpaired) electrons. The maximum absolute atomic E-state index is 10.9. The zero-order valence-electron chi connectivity index (χ0n) is 13.4. The number of nitrogens with zero attached hydrogens (tertiary/aromatic N) is 2. The molecule has 0 unspecified atom stereocenters. The average molecular weight is 345 g/mol. The number of rotatable bonds is 10. The van der Waals surface area contributed by atoms with E-state index in [9.17, 15) is 20.2 Å². The summed E-state index contributed by atoms with van der Waals surface area (Å²) < 4.78 is 10.6. The Labute approximate surface area is 144 Å². The molecule has 0 saturated carbocycles. The molecular weight excluding hydrogens is 328 g/mol. The summed E-state index contributed by atoms with van der Waals surface area (Å²) >= 11 is 0. The third kappa shape index (κ3) is 5.63. The van der Waals surface area contributed by atoms with Gasteiger partial charge in [0, 0.05) is 24.1 Å². The molecule has 0 aromatic heterocycles. The SMILES string of the molecule is O=[N+]([O-])c1ccccc1CCOC[CH]OCc1ccccc1[N+](=O)[O-]. The standard InChI is InChI=1S/C17H17N2O6/c20-18(21)16-7-3-1-5-14(16)9-10-24-11-12-25-13-15-6-2-4-8-17(15)19(22)23/h1-8,12H,9-11,13H2. The first-order valence-electron chi connectivity index (χ1n) is 7.55. The minimum atomic E-state index is -0.456. The van der Waals surface area contributed by atoms with E-state index in [1.807, 2.05) is 0 Å². The minimum Gasteiger partial charge on any atom is -0.378 e. The van der Waals surface area contributed by atoms with Gasteiger partial charge >= 0.3 is 0 Å². The molecule has 25 heavy (non-hydrogen) atoms. The van der Waals surface area contributed by atoms with Crippen molar-refractivity contribution in [2.24, 2.45) is 0 Å². The number of para-hydroxylation sites is 2. The molecule has 0 aliphatic heterocycles. The summed E-state index contributed by atoms with van der Waals surface area (Å²) in [6.45, 7) is 1.97. The summed E-state index contributed by atoms with van der Waals surface area (Å²) in [4.78, 5) is 20.9. The second-order valence-corrected chi connectivity index (χ2v) is 5.07. The van der Waals surface area contributed by atoms with E-state index >= 15 is 0 Å². The van der Waals surface area contributed by atoms with Crippen LogP contribution in [0.25, 0.3) is 0 Å². The average Bonchev–Trinajstić information content (AvgIpc) is 2.61. The molecule has 2 aromatic carbocycles. The molecule has 2 aromatic rings. The van der Waals surface area contributed by atoms with Gasteiger partial charge in [0.05, 0.1) is 35.2 Å². The second-order valence-electron chi connectivity index (χ2n) is 5.07. The van der Waals surface area contributed by atoms with Crippen LogP contribution in [-0.4, -0.2) is 23.1 Å². The van der Waals surface area contributed by atoms with Crippen LogP contribution in [0.15, 0.2) is 48.5 Å². The van der Waals surface area contributed by atoms with Crippen molar-refractivity contribution in [1.82, 2.24) is 0 Å². The van der Waals surface area contributed by atoms with Crippen molar-refractivity contribution in [3.8, 4) is 0 Å². The lowest BCUT2D eigenvalue weighted by Crippen LogP contribution is -2.05. The smallest absolute Gasteiger partial charge is 0.274 e. The van der Waals surface area contributed by atoms with Gasteiger partial charge in [-0.3, -0.25) is 20.2 Å². The van der Waals surface area contributed by atoms with E-state index in [1.54, 1.807) is 36.4 Å². The Morgan fingerprint density at radius 3 is 2.08 bits per heavy atom. The highest BCUT2D eigenvalue weighted by atomic mass is 16.6. The van der Waals surface area contributed by atoms with Gasteiger partial charge in [0.1, 0.15) is 6.61 Å². The topological polar surface area (TPSA) is 105 Å². The Morgan fingerprint density at radius 2 is 1.44 bits per heavy atom. The Kier molecular flexibility index (Phi) is 7.00. The van der Waals surface area contributed by atoms with E-state index in [1.165, 1.54) is 18.7 Å². The van der Waals surface area contributed by atoms with Gasteiger partial charge in [0.15, 0.2) is 0 Å². The van der Waals surface area contributed by atoms with Gasteiger partial charge in [-0.25, -0.2) is 0 Å². The summed E-state index contributed by atoms with van der Waals surface area (Å²) in [6.07, 6.45) is 0.412. The van der Waals surface area contributed by atoms with E-state index in [2.05, 4.69) is 0 Å². The van der Waals surface area contributed by atoms with Crippen LogP contribution in [0.4, 0.5) is 11.4 Å². The molecule has 0 bridgehead atoms. The quantitative estimate of drug-likeness (QED) is 0.371. The Balaban J connectivity index is 1.68. The van der Waals surface area contributed by atoms with Crippen molar-refractivity contribution < 1.29 is 19.3 Å². The van der Waals surface area contributed by atoms with Crippen molar-refractivity contribution in [1.29, 1.82) is 0 Å². The summed E-state index contributed by atoms with van der Waals surface area (Å²) in [6, 6.07) is 12.8. The van der Waals surface area contributed by atoms with Crippen molar-refractivity contribution in [2.45, 2.75) is 13.0 Å². The van der Waals surface area contributed by atoms with Crippen LogP contribution in [0.3, 0.4) is 0 Å². The van der Waals surface area contributed by atoms with Crippen LogP contribution in [0.1, 0.15) is 11.1 Å². The van der Waals surface area contributed by atoms with E-state index in [4.69, 9.17) is 9.47 Å². The fraction of sp³-hybridized carbons (Fsp3) is 0.235. The van der Waals surface area contributed by atoms with Crippen molar-refractivity contribution in [3.05, 3.63) is 86.5 Å². The first-order chi connectivity index (χ1) is 12.1. The molecule has 2 rings (SSSR count). The third-order valence-corrected chi connectivity index (χ3v) is 3.43. The van der Waals surface area contributed by atoms with Gasteiger partial charge in [-0.05, 0) is 6.07 Å². The first-order valence-corrected chi connectivity index (χ1v) is 7.55. The normalized spacial score (nSPS) is 10.6. The van der Waals surface area contributed by atoms with Crippen molar-refractivity contribution in [2.75, 3.05) is 13.2 Å². The van der Waals surface area contributed by atoms with Gasteiger partial charge < -0.3 is 9.47 Å². The van der Waals surface area contributed by atoms with Crippen LogP contribution in [0, 0.1) is 26.8 Å². The second kappa shape index (κ2) is 9.45. The zero-order valence-corrected chi connectivity index (χ0v) is 13.4. The predicted octanol–water partition coefficient (Wildman–Crippen LogP) is 3.44. The molecule has 8 heteroatoms. The Hall–Kier alpha value is -2.84. The van der Waals surface area contributed by atoms with Gasteiger partial charge in [-0.2, -0.15) is 0 Å². The molecule has 0 spiro atoms. The van der Waals surface area contributed by atoms with E-state index in [0.717, 1.165) is 0 Å². The van der Waals surface area contributed by atoms with Gasteiger partial charge in [0.25, 0.3) is 11.4 Å². The molecule has 0 N–H and O–H groups in total. The lowest BCUT2D eigenvalue weighted by atomic mass is 10.1. The lowest BCUT2D eigenvalue weighted by Gasteiger charge is -2.06. The predicted molar refractivity (Wildman–Crippen MR) is 89.8 cm³/mol. The van der Waals surface area contributed by atoms with Crippen molar-refractivity contribution in [3.63, 3.8) is 0 Å². The van der Waals surface area contributed by atoms with Gasteiger partial charge in [0.2, 0.25) is 0 Å². The van der Waals surface area contributed by atoms with E-state index in [-0.39, 0.29) is 24.6 Å². The van der Waals surface area contributed by atoms with Crippen LogP contribution in [0.2, 0.25) is 0 Å². The molecular formula is C17H17N2O6. The Morgan fingerprint density at radius 1 is 0.880 bits per heavy atom. The number of ether oxygens (including phenoxy) is 2. The largest absolute Gasteiger partial charge is 0.378 e. The highest BCUT2D eigenvalue weighted by Gasteiger charge is 2.13.